The molecule has 0 aliphatic heterocycles. The van der Waals surface area contributed by atoms with Crippen LogP contribution < -0.4 is 5.73 Å². The first-order valence-electron chi connectivity index (χ1n) is 5.82. The minimum Gasteiger partial charge on any atom is -0.398 e. The van der Waals surface area contributed by atoms with Crippen molar-refractivity contribution < 1.29 is 12.8 Å². The predicted molar refractivity (Wildman–Crippen MR) is 73.7 cm³/mol. The van der Waals surface area contributed by atoms with Crippen molar-refractivity contribution in [2.45, 2.75) is 11.4 Å². The molecular formula is C13H14FN3O2S. The number of halogens is 1. The Kier molecular flexibility index (Phi) is 4.01. The quantitative estimate of drug-likeness (QED) is 0.870. The number of pyridine rings is 1. The van der Waals surface area contributed by atoms with E-state index in [4.69, 9.17) is 5.73 Å². The molecule has 0 spiro atoms. The zero-order valence-corrected chi connectivity index (χ0v) is 11.6. The molecule has 2 rings (SSSR count). The van der Waals surface area contributed by atoms with E-state index >= 15 is 0 Å². The fourth-order valence-corrected chi connectivity index (χ4v) is 3.09. The van der Waals surface area contributed by atoms with Gasteiger partial charge in [0.05, 0.1) is 5.69 Å². The molecule has 2 aromatic rings. The largest absolute Gasteiger partial charge is 0.398 e. The van der Waals surface area contributed by atoms with Crippen LogP contribution in [0.2, 0.25) is 0 Å². The van der Waals surface area contributed by atoms with E-state index in [1.165, 1.54) is 19.2 Å². The minimum atomic E-state index is -3.99. The number of rotatable bonds is 4. The number of aromatic nitrogens is 1. The monoisotopic (exact) mass is 295 g/mol. The third kappa shape index (κ3) is 2.78. The molecule has 0 amide bonds. The maximum absolute atomic E-state index is 13.7. The summed E-state index contributed by atoms with van der Waals surface area (Å²) in [4.78, 5) is 3.36. The SMILES string of the molecule is CN(Cc1ccncc1)S(=O)(=O)c1c(N)cccc1F. The Morgan fingerprint density at radius 2 is 1.90 bits per heavy atom. The Labute approximate surface area is 116 Å². The molecule has 5 nitrogen and oxygen atoms in total. The number of nitrogens with zero attached hydrogens (tertiary/aromatic N) is 2. The lowest BCUT2D eigenvalue weighted by atomic mass is 10.3. The van der Waals surface area contributed by atoms with Gasteiger partial charge in [-0.05, 0) is 29.8 Å². The molecule has 1 aromatic carbocycles. The Morgan fingerprint density at radius 3 is 2.50 bits per heavy atom. The molecule has 2 N–H and O–H groups in total. The van der Waals surface area contributed by atoms with Crippen LogP contribution in [0.1, 0.15) is 5.56 Å². The molecule has 0 saturated carbocycles. The summed E-state index contributed by atoms with van der Waals surface area (Å²) in [6.07, 6.45) is 3.13. The van der Waals surface area contributed by atoms with E-state index in [0.29, 0.717) is 0 Å². The Bertz CT molecular complexity index is 685. The van der Waals surface area contributed by atoms with E-state index in [1.54, 1.807) is 24.5 Å². The van der Waals surface area contributed by atoms with Crippen LogP contribution in [0.25, 0.3) is 0 Å². The zero-order valence-electron chi connectivity index (χ0n) is 10.8. The van der Waals surface area contributed by atoms with Crippen LogP contribution in [-0.4, -0.2) is 24.8 Å². The van der Waals surface area contributed by atoms with Crippen LogP contribution in [0.4, 0.5) is 10.1 Å². The molecular weight excluding hydrogens is 281 g/mol. The van der Waals surface area contributed by atoms with Crippen LogP contribution >= 0.6 is 0 Å². The van der Waals surface area contributed by atoms with Crippen LogP contribution in [0.15, 0.2) is 47.6 Å². The molecule has 0 atom stereocenters. The first-order chi connectivity index (χ1) is 9.43. The molecule has 1 heterocycles. The van der Waals surface area contributed by atoms with Gasteiger partial charge in [0.2, 0.25) is 10.0 Å². The molecule has 0 saturated heterocycles. The fraction of sp³-hybridized carbons (Fsp3) is 0.154. The molecule has 0 radical (unpaired) electrons. The van der Waals surface area contributed by atoms with E-state index < -0.39 is 20.7 Å². The van der Waals surface area contributed by atoms with Crippen molar-refractivity contribution in [2.75, 3.05) is 12.8 Å². The summed E-state index contributed by atoms with van der Waals surface area (Å²) in [5.74, 6) is -0.855. The van der Waals surface area contributed by atoms with Gasteiger partial charge in [-0.3, -0.25) is 4.98 Å². The molecule has 0 fully saturated rings. The lowest BCUT2D eigenvalue weighted by Gasteiger charge is -2.18. The summed E-state index contributed by atoms with van der Waals surface area (Å²) >= 11 is 0. The van der Waals surface area contributed by atoms with E-state index in [0.717, 1.165) is 15.9 Å². The van der Waals surface area contributed by atoms with Gasteiger partial charge in [0, 0.05) is 26.0 Å². The van der Waals surface area contributed by atoms with Crippen molar-refractivity contribution in [2.24, 2.45) is 0 Å². The lowest BCUT2D eigenvalue weighted by molar-refractivity contribution is 0.460. The normalized spacial score (nSPS) is 11.8. The Morgan fingerprint density at radius 1 is 1.25 bits per heavy atom. The van der Waals surface area contributed by atoms with E-state index in [2.05, 4.69) is 4.98 Å². The summed E-state index contributed by atoms with van der Waals surface area (Å²) < 4.78 is 39.5. The van der Waals surface area contributed by atoms with Crippen LogP contribution in [0.5, 0.6) is 0 Å². The molecule has 1 aromatic heterocycles. The topological polar surface area (TPSA) is 76.3 Å². The molecule has 106 valence electrons. The second-order valence-corrected chi connectivity index (χ2v) is 6.26. The fourth-order valence-electron chi connectivity index (χ4n) is 1.78. The minimum absolute atomic E-state index is 0.105. The summed E-state index contributed by atoms with van der Waals surface area (Å²) in [6, 6.07) is 7.18. The van der Waals surface area contributed by atoms with Gasteiger partial charge in [-0.1, -0.05) is 6.07 Å². The standard InChI is InChI=1S/C13H14FN3O2S/c1-17(9-10-5-7-16-8-6-10)20(18,19)13-11(14)3-2-4-12(13)15/h2-8H,9,15H2,1H3. The van der Waals surface area contributed by atoms with Crippen molar-refractivity contribution in [1.82, 2.24) is 9.29 Å². The number of sulfonamides is 1. The van der Waals surface area contributed by atoms with Gasteiger partial charge in [-0.15, -0.1) is 0 Å². The van der Waals surface area contributed by atoms with Gasteiger partial charge in [0.25, 0.3) is 0 Å². The van der Waals surface area contributed by atoms with E-state index in [1.807, 2.05) is 0 Å². The summed E-state index contributed by atoms with van der Waals surface area (Å²) in [5.41, 5.74) is 6.23. The van der Waals surface area contributed by atoms with Crippen molar-refractivity contribution in [3.8, 4) is 0 Å². The average molecular weight is 295 g/mol. The van der Waals surface area contributed by atoms with Crippen molar-refractivity contribution in [3.05, 3.63) is 54.1 Å². The van der Waals surface area contributed by atoms with Gasteiger partial charge < -0.3 is 5.73 Å². The first kappa shape index (κ1) is 14.4. The zero-order chi connectivity index (χ0) is 14.8. The molecule has 0 aliphatic carbocycles. The highest BCUT2D eigenvalue weighted by molar-refractivity contribution is 7.89. The number of nitrogen functional groups attached to an aromatic ring is 1. The number of nitrogens with two attached hydrogens (primary N) is 1. The lowest BCUT2D eigenvalue weighted by Crippen LogP contribution is -2.28. The number of anilines is 1. The van der Waals surface area contributed by atoms with Gasteiger partial charge in [-0.25, -0.2) is 12.8 Å². The smallest absolute Gasteiger partial charge is 0.248 e. The maximum Gasteiger partial charge on any atom is 0.248 e. The highest BCUT2D eigenvalue weighted by atomic mass is 32.2. The second kappa shape index (κ2) is 5.56. The molecule has 20 heavy (non-hydrogen) atoms. The van der Waals surface area contributed by atoms with Crippen LogP contribution in [-0.2, 0) is 16.6 Å². The molecule has 0 bridgehead atoms. The summed E-state index contributed by atoms with van der Waals surface area (Å²) in [6.45, 7) is 0.110. The molecule has 7 heteroatoms. The molecule has 0 aliphatic rings. The Balaban J connectivity index is 2.35. The van der Waals surface area contributed by atoms with E-state index in [-0.39, 0.29) is 12.2 Å². The average Bonchev–Trinajstić information content (AvgIpc) is 2.39. The van der Waals surface area contributed by atoms with Crippen molar-refractivity contribution in [1.29, 1.82) is 0 Å². The van der Waals surface area contributed by atoms with Crippen LogP contribution in [0.3, 0.4) is 0 Å². The predicted octanol–water partition coefficient (Wildman–Crippen LogP) is 1.62. The third-order valence-electron chi connectivity index (χ3n) is 2.82. The third-order valence-corrected chi connectivity index (χ3v) is 4.72. The summed E-state index contributed by atoms with van der Waals surface area (Å²) in [7, 11) is -2.61. The van der Waals surface area contributed by atoms with Gasteiger partial charge in [0.1, 0.15) is 10.7 Å². The first-order valence-corrected chi connectivity index (χ1v) is 7.26. The molecule has 0 unspecified atom stereocenters. The van der Waals surface area contributed by atoms with Gasteiger partial charge >= 0.3 is 0 Å². The number of hydrogen-bond donors (Lipinski definition) is 1. The van der Waals surface area contributed by atoms with Gasteiger partial charge in [0.15, 0.2) is 0 Å². The van der Waals surface area contributed by atoms with Crippen LogP contribution in [0, 0.1) is 5.82 Å². The highest BCUT2D eigenvalue weighted by Gasteiger charge is 2.26. The number of benzene rings is 1. The highest BCUT2D eigenvalue weighted by Crippen LogP contribution is 2.25. The second-order valence-electron chi connectivity index (χ2n) is 4.27. The Hall–Kier alpha value is -1.99. The van der Waals surface area contributed by atoms with Crippen molar-refractivity contribution >= 4 is 15.7 Å². The number of hydrogen-bond acceptors (Lipinski definition) is 4. The van der Waals surface area contributed by atoms with E-state index in [9.17, 15) is 12.8 Å². The van der Waals surface area contributed by atoms with Gasteiger partial charge in [-0.2, -0.15) is 4.31 Å². The maximum atomic E-state index is 13.7. The van der Waals surface area contributed by atoms with Crippen molar-refractivity contribution in [3.63, 3.8) is 0 Å². The summed E-state index contributed by atoms with van der Waals surface area (Å²) in [5, 5.41) is 0.